The van der Waals surface area contributed by atoms with E-state index in [-0.39, 0.29) is 49.8 Å². The summed E-state index contributed by atoms with van der Waals surface area (Å²) in [5.74, 6) is -0.346. The highest BCUT2D eigenvalue weighted by molar-refractivity contribution is 5.82. The fourth-order valence-electron chi connectivity index (χ4n) is 7.13. The van der Waals surface area contributed by atoms with Crippen molar-refractivity contribution in [2.45, 2.75) is 26.2 Å². The van der Waals surface area contributed by atoms with Crippen LogP contribution in [0.2, 0.25) is 0 Å². The summed E-state index contributed by atoms with van der Waals surface area (Å²) in [5, 5.41) is 12.2. The number of benzene rings is 4. The number of carbonyl (C=O) groups is 4. The van der Waals surface area contributed by atoms with Gasteiger partial charge in [-0.15, -0.1) is 0 Å². The van der Waals surface area contributed by atoms with E-state index in [1.54, 1.807) is 0 Å². The van der Waals surface area contributed by atoms with Gasteiger partial charge in [0.25, 0.3) is 0 Å². The lowest BCUT2D eigenvalue weighted by atomic mass is 10.0. The molecule has 2 saturated heterocycles. The van der Waals surface area contributed by atoms with Crippen LogP contribution in [0.1, 0.15) is 22.3 Å². The van der Waals surface area contributed by atoms with E-state index < -0.39 is 0 Å². The maximum absolute atomic E-state index is 12.8. The molecule has 294 valence electrons. The van der Waals surface area contributed by atoms with E-state index in [1.807, 2.05) is 70.5 Å². The molecule has 2 heterocycles. The fraction of sp³-hybridized carbons (Fsp3) is 0.364. The highest BCUT2D eigenvalue weighted by atomic mass is 16.2. The zero-order valence-electron chi connectivity index (χ0n) is 32.1. The van der Waals surface area contributed by atoms with E-state index in [9.17, 15) is 19.2 Å². The molecule has 4 amide bonds. The summed E-state index contributed by atoms with van der Waals surface area (Å²) >= 11 is 0. The summed E-state index contributed by atoms with van der Waals surface area (Å²) in [6, 6.07) is 36.9. The molecule has 4 aromatic carbocycles. The van der Waals surface area contributed by atoms with Crippen LogP contribution in [-0.4, -0.2) is 122 Å². The quantitative estimate of drug-likeness (QED) is 0.205. The van der Waals surface area contributed by atoms with Gasteiger partial charge >= 0.3 is 0 Å². The third kappa shape index (κ3) is 13.4. The van der Waals surface area contributed by atoms with Crippen LogP contribution in [0, 0.1) is 0 Å². The molecule has 2 fully saturated rings. The van der Waals surface area contributed by atoms with E-state index in [0.29, 0.717) is 78.5 Å². The zero-order chi connectivity index (χ0) is 39.0. The molecule has 0 unspecified atom stereocenters. The van der Waals surface area contributed by atoms with Crippen LogP contribution in [0.4, 0.5) is 0 Å². The largest absolute Gasteiger partial charge is 0.354 e. The lowest BCUT2D eigenvalue weighted by molar-refractivity contribution is -0.127. The van der Waals surface area contributed by atoms with Crippen LogP contribution in [0.3, 0.4) is 0 Å². The summed E-state index contributed by atoms with van der Waals surface area (Å²) in [7, 11) is 0. The highest BCUT2D eigenvalue weighted by Gasteiger charge is 2.19. The van der Waals surface area contributed by atoms with Gasteiger partial charge in [-0.2, -0.15) is 0 Å². The fourth-order valence-corrected chi connectivity index (χ4v) is 7.13. The summed E-state index contributed by atoms with van der Waals surface area (Å²) in [6.45, 7) is 7.95. The molecule has 4 N–H and O–H groups in total. The van der Waals surface area contributed by atoms with Gasteiger partial charge in [0.15, 0.2) is 0 Å². The van der Waals surface area contributed by atoms with Crippen molar-refractivity contribution in [1.82, 2.24) is 40.9 Å². The number of hydrogen-bond donors (Lipinski definition) is 4. The summed E-state index contributed by atoms with van der Waals surface area (Å²) in [4.78, 5) is 59.4. The molecule has 2 aliphatic heterocycles. The Kier molecular flexibility index (Phi) is 15.1. The number of nitrogens with zero attached hydrogens (tertiary/aromatic N) is 4. The third-order valence-electron chi connectivity index (χ3n) is 10.0. The predicted octanol–water partition coefficient (Wildman–Crippen LogP) is 2.45. The minimum Gasteiger partial charge on any atom is -0.354 e. The number of hydrogen-bond acceptors (Lipinski definition) is 8. The molecular weight excluding hydrogens is 705 g/mol. The van der Waals surface area contributed by atoms with Gasteiger partial charge < -0.3 is 21.3 Å². The van der Waals surface area contributed by atoms with Crippen molar-refractivity contribution in [2.24, 2.45) is 0 Å². The molecule has 0 saturated carbocycles. The maximum Gasteiger partial charge on any atom is 0.234 e. The molecule has 6 rings (SSSR count). The van der Waals surface area contributed by atoms with E-state index in [2.05, 4.69) is 79.6 Å². The second kappa shape index (κ2) is 21.1. The lowest BCUT2D eigenvalue weighted by Gasteiger charge is -2.26. The summed E-state index contributed by atoms with van der Waals surface area (Å²) in [6.07, 6.45) is 0. The zero-order valence-corrected chi connectivity index (χ0v) is 32.1. The monoisotopic (exact) mass is 758 g/mol. The van der Waals surface area contributed by atoms with Crippen molar-refractivity contribution >= 4 is 23.6 Å². The van der Waals surface area contributed by atoms with Crippen LogP contribution >= 0.6 is 0 Å². The van der Waals surface area contributed by atoms with Crippen molar-refractivity contribution in [3.63, 3.8) is 0 Å². The van der Waals surface area contributed by atoms with Crippen LogP contribution in [-0.2, 0) is 45.4 Å². The Morgan fingerprint density at radius 2 is 0.607 bits per heavy atom. The Morgan fingerprint density at radius 3 is 0.911 bits per heavy atom. The first-order valence-electron chi connectivity index (χ1n) is 19.6. The minimum atomic E-state index is -0.0864. The molecule has 0 radical (unpaired) electrons. The van der Waals surface area contributed by atoms with Gasteiger partial charge in [-0.25, -0.2) is 0 Å². The van der Waals surface area contributed by atoms with E-state index in [1.165, 1.54) is 0 Å². The topological polar surface area (TPSA) is 129 Å². The van der Waals surface area contributed by atoms with Gasteiger partial charge in [0.1, 0.15) is 0 Å². The Balaban J connectivity index is 0.975. The van der Waals surface area contributed by atoms with Crippen LogP contribution in [0.25, 0.3) is 11.1 Å². The van der Waals surface area contributed by atoms with Crippen LogP contribution < -0.4 is 21.3 Å². The van der Waals surface area contributed by atoms with Crippen molar-refractivity contribution in [3.05, 3.63) is 131 Å². The summed E-state index contributed by atoms with van der Waals surface area (Å²) in [5.41, 5.74) is 6.67. The molecule has 0 aliphatic carbocycles. The number of carbonyl (C=O) groups excluding carboxylic acids is 4. The van der Waals surface area contributed by atoms with Gasteiger partial charge in [-0.1, -0.05) is 109 Å². The maximum atomic E-state index is 12.8. The molecule has 12 heteroatoms. The van der Waals surface area contributed by atoms with Crippen molar-refractivity contribution in [2.75, 3.05) is 78.5 Å². The standard InChI is InChI=1S/C44H54N8O4/c53-41-31-51(29-35-7-3-1-4-8-35)32-42(54)46-20-24-49(23-19-45-41)27-37-11-15-39(16-12-37)40-17-13-38(14-18-40)28-50-25-21-47-43(55)33-52(34-44(56)48-22-26-50)30-36-9-5-2-6-10-36/h1-18H,19-34H2,(H,45,53)(H,46,54)(H,47,55)(H,48,56). The van der Waals surface area contributed by atoms with Gasteiger partial charge in [0, 0.05) is 78.5 Å². The Labute approximate surface area is 330 Å². The minimum absolute atomic E-state index is 0.0864. The van der Waals surface area contributed by atoms with Crippen molar-refractivity contribution in [3.8, 4) is 11.1 Å². The molecule has 4 aromatic rings. The SMILES string of the molecule is O=C1CN(Cc2ccccc2)CC(=O)NCCN(Cc2ccc(-c3ccc(CN4CCNC(=O)CN(Cc5ccccc5)CC(=O)NCC4)cc3)cc2)CCN1. The predicted molar refractivity (Wildman–Crippen MR) is 218 cm³/mol. The second-order valence-electron chi connectivity index (χ2n) is 14.6. The number of rotatable bonds is 9. The molecule has 0 aromatic heterocycles. The first-order chi connectivity index (χ1) is 27.3. The van der Waals surface area contributed by atoms with Gasteiger partial charge in [0.05, 0.1) is 26.2 Å². The first kappa shape index (κ1) is 40.3. The smallest absolute Gasteiger partial charge is 0.234 e. The molecule has 12 nitrogen and oxygen atoms in total. The average Bonchev–Trinajstić information content (AvgIpc) is 3.18. The Hall–Kier alpha value is -5.40. The molecule has 0 spiro atoms. The van der Waals surface area contributed by atoms with E-state index in [0.717, 1.165) is 33.4 Å². The van der Waals surface area contributed by atoms with Gasteiger partial charge in [0.2, 0.25) is 23.6 Å². The van der Waals surface area contributed by atoms with Gasteiger partial charge in [-0.3, -0.25) is 38.8 Å². The van der Waals surface area contributed by atoms with E-state index in [4.69, 9.17) is 0 Å². The highest BCUT2D eigenvalue weighted by Crippen LogP contribution is 2.22. The van der Waals surface area contributed by atoms with E-state index >= 15 is 0 Å². The van der Waals surface area contributed by atoms with Crippen LogP contribution in [0.15, 0.2) is 109 Å². The molecule has 0 atom stereocenters. The lowest BCUT2D eigenvalue weighted by Crippen LogP contribution is -2.47. The summed E-state index contributed by atoms with van der Waals surface area (Å²) < 4.78 is 0. The first-order valence-corrected chi connectivity index (χ1v) is 19.6. The molecular formula is C44H54N8O4. The number of nitrogens with one attached hydrogen (secondary N) is 4. The average molecular weight is 759 g/mol. The molecule has 56 heavy (non-hydrogen) atoms. The van der Waals surface area contributed by atoms with Crippen molar-refractivity contribution in [1.29, 1.82) is 0 Å². The molecule has 2 aliphatic rings. The Morgan fingerprint density at radius 1 is 0.339 bits per heavy atom. The second-order valence-corrected chi connectivity index (χ2v) is 14.6. The number of amides is 4. The van der Waals surface area contributed by atoms with Crippen molar-refractivity contribution < 1.29 is 19.2 Å². The third-order valence-corrected chi connectivity index (χ3v) is 10.0. The van der Waals surface area contributed by atoms with Gasteiger partial charge in [-0.05, 0) is 33.4 Å². The molecule has 0 bridgehead atoms. The Bertz CT molecular complexity index is 1670. The normalized spacial score (nSPS) is 18.2. The van der Waals surface area contributed by atoms with Crippen LogP contribution in [0.5, 0.6) is 0 Å².